The molecule has 71 heavy (non-hydrogen) atoms. The van der Waals surface area contributed by atoms with Crippen LogP contribution in [0, 0.1) is 29.9 Å². The summed E-state index contributed by atoms with van der Waals surface area (Å²) in [5, 5.41) is 23.5. The molecule has 11 rings (SSSR count). The quantitative estimate of drug-likeness (QED) is 0.0654. The first-order valence-corrected chi connectivity index (χ1v) is 25.2. The fraction of sp³-hybridized carbons (Fsp3) is 0.463. The Morgan fingerprint density at radius 3 is 2.42 bits per heavy atom. The number of aromatic hydroxyl groups is 1. The Kier molecular flexibility index (Phi) is 12.9. The number of nitrogens with zero attached hydrogens (tertiary/aromatic N) is 8. The molecule has 3 atom stereocenters. The number of halogens is 2. The largest absolute Gasteiger partial charge is 0.508 e. The van der Waals surface area contributed by atoms with Crippen LogP contribution in [0.15, 0.2) is 48.7 Å². The number of phenols is 1. The molecule has 6 aromatic rings. The summed E-state index contributed by atoms with van der Waals surface area (Å²) in [5.41, 5.74) is 2.94. The Balaban J connectivity index is 0.679. The first-order chi connectivity index (χ1) is 34.5. The standard InChI is InChI=1S/C54H58F2N10O5/c1-3-38-43(55)15-10-34-25-37(67)27-41(47(34)38)50-48(56)51-42(28-57-50)52(66-29-35-11-12-36(30-66)58-35)61-54(60-51)71-24-4-18-64-20-22-65(23-21-64)19-17-45(68)32-7-5-31(6-8-32)33-9-13-39-44(26-33)63(2)62-49(39)40-14-16-46(69)59-53(40)70/h1,9-10,13,15,25-28,31-32,35-36,40,58,67H,4-8,11-12,14,16-24,29-30H2,2H3,(H,59,69,70). The highest BCUT2D eigenvalue weighted by molar-refractivity contribution is 6.04. The van der Waals surface area contributed by atoms with Gasteiger partial charge in [-0.05, 0) is 92.5 Å². The second-order valence-electron chi connectivity index (χ2n) is 20.2. The van der Waals surface area contributed by atoms with Crippen molar-refractivity contribution in [3.8, 4) is 35.4 Å². The smallest absolute Gasteiger partial charge is 0.319 e. The zero-order valence-electron chi connectivity index (χ0n) is 39.9. The van der Waals surface area contributed by atoms with Crippen LogP contribution >= 0.6 is 0 Å². The van der Waals surface area contributed by atoms with Crippen LogP contribution in [0.25, 0.3) is 43.8 Å². The molecule has 3 N–H and O–H groups in total. The number of benzene rings is 3. The molecule has 5 fully saturated rings. The molecule has 0 radical (unpaired) electrons. The number of nitrogens with one attached hydrogen (secondary N) is 2. The van der Waals surface area contributed by atoms with Crippen LogP contribution in [0.4, 0.5) is 14.6 Å². The first kappa shape index (κ1) is 46.8. The zero-order chi connectivity index (χ0) is 48.9. The number of carbonyl (C=O) groups excluding carboxylic acids is 3. The number of carbonyl (C=O) groups is 3. The van der Waals surface area contributed by atoms with E-state index < -0.39 is 17.6 Å². The van der Waals surface area contributed by atoms with Gasteiger partial charge in [0.25, 0.3) is 0 Å². The average Bonchev–Trinajstić information content (AvgIpc) is 3.90. The molecule has 1 saturated carbocycles. The number of ether oxygens (including phenoxy) is 1. The van der Waals surface area contributed by atoms with E-state index in [0.29, 0.717) is 73.7 Å². The molecule has 368 valence electrons. The maximum absolute atomic E-state index is 17.0. The normalized spacial score (nSPS) is 23.1. The number of piperazine rings is 2. The summed E-state index contributed by atoms with van der Waals surface area (Å²) in [4.78, 5) is 58.8. The van der Waals surface area contributed by atoms with E-state index >= 15 is 4.39 Å². The Labute approximate surface area is 410 Å². The fourth-order valence-electron chi connectivity index (χ4n) is 11.9. The monoisotopic (exact) mass is 964 g/mol. The van der Waals surface area contributed by atoms with Gasteiger partial charge in [0.15, 0.2) is 5.82 Å². The molecule has 7 heterocycles. The number of piperidine rings is 1. The van der Waals surface area contributed by atoms with E-state index in [-0.39, 0.29) is 69.3 Å². The third-order valence-corrected chi connectivity index (χ3v) is 15.7. The number of hydrogen-bond acceptors (Lipinski definition) is 13. The van der Waals surface area contributed by atoms with Gasteiger partial charge in [0.1, 0.15) is 34.4 Å². The van der Waals surface area contributed by atoms with E-state index in [1.165, 1.54) is 29.8 Å². The average molecular weight is 965 g/mol. The van der Waals surface area contributed by atoms with Gasteiger partial charge in [-0.2, -0.15) is 15.1 Å². The number of terminal acetylenes is 1. The third kappa shape index (κ3) is 9.29. The number of anilines is 1. The lowest BCUT2D eigenvalue weighted by atomic mass is 9.76. The van der Waals surface area contributed by atoms with E-state index in [0.717, 1.165) is 94.4 Å². The van der Waals surface area contributed by atoms with Crippen LogP contribution in [0.2, 0.25) is 0 Å². The summed E-state index contributed by atoms with van der Waals surface area (Å²) in [5.74, 6) is 1.28. The molecule has 3 aromatic carbocycles. The van der Waals surface area contributed by atoms with Crippen molar-refractivity contribution in [2.45, 2.75) is 88.1 Å². The fourth-order valence-corrected chi connectivity index (χ4v) is 11.9. The lowest BCUT2D eigenvalue weighted by Crippen LogP contribution is -2.51. The lowest BCUT2D eigenvalue weighted by Gasteiger charge is -2.35. The van der Waals surface area contributed by atoms with Crippen LogP contribution < -0.4 is 20.3 Å². The molecule has 17 heteroatoms. The minimum absolute atomic E-state index is 0.0156. The molecule has 5 aliphatic rings. The predicted octanol–water partition coefficient (Wildman–Crippen LogP) is 6.48. The third-order valence-electron chi connectivity index (χ3n) is 15.7. The number of imide groups is 1. The number of aromatic nitrogens is 5. The van der Waals surface area contributed by atoms with Crippen LogP contribution in [-0.4, -0.2) is 128 Å². The predicted molar refractivity (Wildman–Crippen MR) is 265 cm³/mol. The van der Waals surface area contributed by atoms with Gasteiger partial charge < -0.3 is 29.9 Å². The Hall–Kier alpha value is -6.61. The van der Waals surface area contributed by atoms with Gasteiger partial charge in [-0.15, -0.1) is 6.42 Å². The molecule has 4 saturated heterocycles. The topological polar surface area (TPSA) is 171 Å². The first-order valence-electron chi connectivity index (χ1n) is 25.2. The van der Waals surface area contributed by atoms with Gasteiger partial charge in [-0.25, -0.2) is 8.78 Å². The van der Waals surface area contributed by atoms with Crippen molar-refractivity contribution in [3.63, 3.8) is 0 Å². The second-order valence-corrected chi connectivity index (χ2v) is 20.2. The molecule has 2 amide bonds. The molecule has 4 aliphatic heterocycles. The Morgan fingerprint density at radius 2 is 1.68 bits per heavy atom. The highest BCUT2D eigenvalue weighted by Crippen LogP contribution is 2.41. The van der Waals surface area contributed by atoms with Crippen molar-refractivity contribution in [3.05, 3.63) is 77.1 Å². The van der Waals surface area contributed by atoms with Gasteiger partial charge in [0.2, 0.25) is 11.8 Å². The Bertz CT molecular complexity index is 3110. The molecule has 3 aromatic heterocycles. The van der Waals surface area contributed by atoms with Crippen LogP contribution in [0.1, 0.15) is 92.9 Å². The van der Waals surface area contributed by atoms with E-state index in [1.807, 2.05) is 11.7 Å². The molecular formula is C54H58F2N10O5. The van der Waals surface area contributed by atoms with Gasteiger partial charge in [0.05, 0.1) is 34.7 Å². The molecule has 3 unspecified atom stereocenters. The summed E-state index contributed by atoms with van der Waals surface area (Å²) in [6.45, 7) is 6.79. The van der Waals surface area contributed by atoms with Crippen molar-refractivity contribution in [1.29, 1.82) is 0 Å². The minimum atomic E-state index is -0.749. The highest BCUT2D eigenvalue weighted by Gasteiger charge is 2.36. The number of rotatable bonds is 13. The van der Waals surface area contributed by atoms with Gasteiger partial charge >= 0.3 is 6.01 Å². The van der Waals surface area contributed by atoms with Crippen molar-refractivity contribution >= 4 is 56.0 Å². The Morgan fingerprint density at radius 1 is 0.915 bits per heavy atom. The van der Waals surface area contributed by atoms with Crippen molar-refractivity contribution in [2.75, 3.05) is 63.9 Å². The van der Waals surface area contributed by atoms with Crippen molar-refractivity contribution in [2.24, 2.45) is 13.0 Å². The van der Waals surface area contributed by atoms with Gasteiger partial charge in [-0.1, -0.05) is 24.1 Å². The van der Waals surface area contributed by atoms with E-state index in [9.17, 15) is 23.9 Å². The summed E-state index contributed by atoms with van der Waals surface area (Å²) in [6, 6.07) is 12.5. The number of hydrogen-bond donors (Lipinski definition) is 3. The highest BCUT2D eigenvalue weighted by atomic mass is 19.1. The van der Waals surface area contributed by atoms with Crippen LogP contribution in [0.3, 0.4) is 0 Å². The van der Waals surface area contributed by atoms with Crippen LogP contribution in [-0.2, 0) is 21.4 Å². The number of ketones is 1. The molecule has 2 bridgehead atoms. The minimum Gasteiger partial charge on any atom is -0.508 e. The van der Waals surface area contributed by atoms with Crippen molar-refractivity contribution < 1.29 is 33.0 Å². The SMILES string of the molecule is C#Cc1c(F)ccc2cc(O)cc(-c3ncc4c(N5CC6CCC(C5)N6)nc(OCCCN5CCN(CCC(=O)C6CCC(c7ccc8c(C9CCC(=O)NC9=O)nn(C)c8c7)CC6)CC5)nc4c3F)c12. The van der Waals surface area contributed by atoms with Crippen LogP contribution in [0.5, 0.6) is 11.8 Å². The molecule has 15 nitrogen and oxygen atoms in total. The van der Waals surface area contributed by atoms with Gasteiger partial charge in [-0.3, -0.25) is 29.4 Å². The van der Waals surface area contributed by atoms with Gasteiger partial charge in [0, 0.05) is 113 Å². The number of aryl methyl sites for hydroxylation is 1. The second kappa shape index (κ2) is 19.5. The number of phenolic OH excluding ortho intramolecular Hbond substituents is 1. The number of amides is 2. The number of Topliss-reactive ketones (excluding diaryl/α,β-unsaturated/α-hetero) is 1. The zero-order valence-corrected chi connectivity index (χ0v) is 39.9. The lowest BCUT2D eigenvalue weighted by molar-refractivity contribution is -0.134. The summed E-state index contributed by atoms with van der Waals surface area (Å²) in [7, 11) is 1.90. The van der Waals surface area contributed by atoms with E-state index in [1.54, 1.807) is 6.20 Å². The molecular weight excluding hydrogens is 907 g/mol. The number of fused-ring (bicyclic) bond motifs is 5. The van der Waals surface area contributed by atoms with Crippen molar-refractivity contribution in [1.82, 2.24) is 45.2 Å². The maximum Gasteiger partial charge on any atom is 0.319 e. The van der Waals surface area contributed by atoms with E-state index in [2.05, 4.69) is 59.4 Å². The summed E-state index contributed by atoms with van der Waals surface area (Å²) < 4.78 is 40.0. The maximum atomic E-state index is 17.0. The molecule has 0 spiro atoms. The van der Waals surface area contributed by atoms with E-state index in [4.69, 9.17) is 21.2 Å². The molecule has 1 aliphatic carbocycles. The summed E-state index contributed by atoms with van der Waals surface area (Å²) >= 11 is 0. The summed E-state index contributed by atoms with van der Waals surface area (Å²) in [6.07, 6.45) is 15.1. The number of pyridine rings is 1.